The third-order valence-electron chi connectivity index (χ3n) is 4.30. The second kappa shape index (κ2) is 10.7. The van der Waals surface area contributed by atoms with E-state index in [0.717, 1.165) is 17.3 Å². The molecule has 31 heavy (non-hydrogen) atoms. The summed E-state index contributed by atoms with van der Waals surface area (Å²) in [7, 11) is 0. The van der Waals surface area contributed by atoms with Crippen molar-refractivity contribution in [3.05, 3.63) is 68.5 Å². The molecule has 9 heteroatoms. The van der Waals surface area contributed by atoms with E-state index >= 15 is 0 Å². The molecule has 2 aromatic carbocycles. The Morgan fingerprint density at radius 2 is 1.81 bits per heavy atom. The van der Waals surface area contributed by atoms with Crippen LogP contribution < -0.4 is 4.74 Å². The lowest BCUT2D eigenvalue weighted by Gasteiger charge is -2.12. The zero-order valence-corrected chi connectivity index (χ0v) is 18.9. The Morgan fingerprint density at radius 1 is 1.13 bits per heavy atom. The number of ether oxygens (including phenoxy) is 2. The van der Waals surface area contributed by atoms with Crippen molar-refractivity contribution in [1.82, 2.24) is 4.90 Å². The Morgan fingerprint density at radius 3 is 2.45 bits per heavy atom. The van der Waals surface area contributed by atoms with Gasteiger partial charge in [0.2, 0.25) is 0 Å². The molecule has 0 radical (unpaired) electrons. The standard InChI is InChI=1S/C22H19Cl2NO5S/c1-2-29-19(26)13-30-20-16(23)10-15(11-17(20)24)12-18-21(27)25(22(28)31-18)9-8-14-6-4-3-5-7-14/h3-7,10-12H,2,8-9,13H2,1H3/b18-12-. The fourth-order valence-corrected chi connectivity index (χ4v) is 4.34. The molecule has 1 fully saturated rings. The molecule has 1 saturated heterocycles. The van der Waals surface area contributed by atoms with Gasteiger partial charge < -0.3 is 9.47 Å². The molecule has 0 aliphatic carbocycles. The van der Waals surface area contributed by atoms with E-state index in [1.165, 1.54) is 4.90 Å². The summed E-state index contributed by atoms with van der Waals surface area (Å²) in [4.78, 5) is 38.0. The molecule has 0 spiro atoms. The number of hydrogen-bond acceptors (Lipinski definition) is 6. The molecule has 0 atom stereocenters. The molecule has 2 amide bonds. The van der Waals surface area contributed by atoms with Crippen LogP contribution in [-0.4, -0.2) is 41.8 Å². The van der Waals surface area contributed by atoms with Gasteiger partial charge in [-0.2, -0.15) is 0 Å². The number of hydrogen-bond donors (Lipinski definition) is 0. The first-order chi connectivity index (χ1) is 14.9. The maximum absolute atomic E-state index is 12.7. The van der Waals surface area contributed by atoms with Gasteiger partial charge in [-0.25, -0.2) is 4.79 Å². The van der Waals surface area contributed by atoms with Gasteiger partial charge in [-0.1, -0.05) is 53.5 Å². The van der Waals surface area contributed by atoms with E-state index in [9.17, 15) is 14.4 Å². The number of rotatable bonds is 8. The molecule has 1 aliphatic heterocycles. The van der Waals surface area contributed by atoms with Crippen molar-refractivity contribution in [3.8, 4) is 5.75 Å². The highest BCUT2D eigenvalue weighted by Crippen LogP contribution is 2.37. The van der Waals surface area contributed by atoms with Crippen LogP contribution in [0, 0.1) is 0 Å². The van der Waals surface area contributed by atoms with E-state index in [1.54, 1.807) is 25.1 Å². The Bertz CT molecular complexity index is 1000. The molecular weight excluding hydrogens is 461 g/mol. The number of carbonyl (C=O) groups excluding carboxylic acids is 3. The van der Waals surface area contributed by atoms with Gasteiger partial charge in [0.05, 0.1) is 21.6 Å². The van der Waals surface area contributed by atoms with E-state index in [-0.39, 0.29) is 45.1 Å². The number of esters is 1. The van der Waals surface area contributed by atoms with Gasteiger partial charge in [0.1, 0.15) is 0 Å². The minimum atomic E-state index is -0.539. The van der Waals surface area contributed by atoms with Crippen molar-refractivity contribution >= 4 is 58.2 Å². The summed E-state index contributed by atoms with van der Waals surface area (Å²) in [6.45, 7) is 1.90. The topological polar surface area (TPSA) is 72.9 Å². The maximum atomic E-state index is 12.7. The van der Waals surface area contributed by atoms with Crippen LogP contribution in [0.4, 0.5) is 4.79 Å². The summed E-state index contributed by atoms with van der Waals surface area (Å²) in [5.74, 6) is -0.756. The molecule has 2 aromatic rings. The molecule has 0 N–H and O–H groups in total. The minimum Gasteiger partial charge on any atom is -0.479 e. The SMILES string of the molecule is CCOC(=O)COc1c(Cl)cc(/C=C2\SC(=O)N(CCc3ccccc3)C2=O)cc1Cl. The highest BCUT2D eigenvalue weighted by molar-refractivity contribution is 8.18. The minimum absolute atomic E-state index is 0.143. The number of nitrogens with zero attached hydrogens (tertiary/aromatic N) is 1. The van der Waals surface area contributed by atoms with Crippen LogP contribution in [0.1, 0.15) is 18.1 Å². The van der Waals surface area contributed by atoms with Crippen molar-refractivity contribution in [2.45, 2.75) is 13.3 Å². The van der Waals surface area contributed by atoms with Crippen LogP contribution in [0.5, 0.6) is 5.75 Å². The van der Waals surface area contributed by atoms with Crippen LogP contribution in [0.2, 0.25) is 10.0 Å². The van der Waals surface area contributed by atoms with Gasteiger partial charge in [0, 0.05) is 6.54 Å². The van der Waals surface area contributed by atoms with Crippen molar-refractivity contribution in [2.24, 2.45) is 0 Å². The van der Waals surface area contributed by atoms with E-state index < -0.39 is 5.97 Å². The van der Waals surface area contributed by atoms with Crippen molar-refractivity contribution in [1.29, 1.82) is 0 Å². The van der Waals surface area contributed by atoms with Gasteiger partial charge in [0.15, 0.2) is 12.4 Å². The largest absolute Gasteiger partial charge is 0.479 e. The highest BCUT2D eigenvalue weighted by Gasteiger charge is 2.34. The predicted octanol–water partition coefficient (Wildman–Crippen LogP) is 5.21. The maximum Gasteiger partial charge on any atom is 0.344 e. The van der Waals surface area contributed by atoms with Crippen LogP contribution in [-0.2, 0) is 20.7 Å². The fraction of sp³-hybridized carbons (Fsp3) is 0.227. The van der Waals surface area contributed by atoms with E-state index in [0.29, 0.717) is 18.5 Å². The number of imide groups is 1. The fourth-order valence-electron chi connectivity index (χ4n) is 2.86. The van der Waals surface area contributed by atoms with Gasteiger partial charge in [-0.05, 0) is 54.4 Å². The van der Waals surface area contributed by atoms with Crippen LogP contribution >= 0.6 is 35.0 Å². The Labute approximate surface area is 194 Å². The average molecular weight is 480 g/mol. The summed E-state index contributed by atoms with van der Waals surface area (Å²) in [6.07, 6.45) is 2.14. The van der Waals surface area contributed by atoms with Gasteiger partial charge in [0.25, 0.3) is 11.1 Å². The lowest BCUT2D eigenvalue weighted by Crippen LogP contribution is -2.30. The third-order valence-corrected chi connectivity index (χ3v) is 5.77. The van der Waals surface area contributed by atoms with Crippen molar-refractivity contribution in [2.75, 3.05) is 19.8 Å². The first-order valence-electron chi connectivity index (χ1n) is 9.45. The molecule has 3 rings (SSSR count). The van der Waals surface area contributed by atoms with E-state index in [4.69, 9.17) is 32.7 Å². The monoisotopic (exact) mass is 479 g/mol. The van der Waals surface area contributed by atoms with Crippen LogP contribution in [0.15, 0.2) is 47.4 Å². The second-order valence-corrected chi connectivity index (χ2v) is 8.28. The molecule has 0 saturated carbocycles. The molecule has 1 aliphatic rings. The highest BCUT2D eigenvalue weighted by atomic mass is 35.5. The number of benzene rings is 2. The summed E-state index contributed by atoms with van der Waals surface area (Å²) in [5, 5.41) is 0.0245. The number of amides is 2. The summed E-state index contributed by atoms with van der Waals surface area (Å²) >= 11 is 13.3. The zero-order chi connectivity index (χ0) is 22.4. The molecular formula is C22H19Cl2NO5S. The summed E-state index contributed by atoms with van der Waals surface area (Å²) in [5.41, 5.74) is 1.58. The second-order valence-electron chi connectivity index (χ2n) is 6.48. The third kappa shape index (κ3) is 6.03. The average Bonchev–Trinajstić information content (AvgIpc) is 2.99. The van der Waals surface area contributed by atoms with E-state index in [2.05, 4.69) is 0 Å². The number of carbonyl (C=O) groups is 3. The predicted molar refractivity (Wildman–Crippen MR) is 121 cm³/mol. The van der Waals surface area contributed by atoms with Gasteiger partial charge in [-0.3, -0.25) is 14.5 Å². The molecule has 1 heterocycles. The number of halogens is 2. The van der Waals surface area contributed by atoms with Gasteiger partial charge >= 0.3 is 5.97 Å². The quantitative estimate of drug-likeness (QED) is 0.381. The normalized spacial score (nSPS) is 14.9. The molecule has 6 nitrogen and oxygen atoms in total. The van der Waals surface area contributed by atoms with Crippen molar-refractivity contribution in [3.63, 3.8) is 0 Å². The van der Waals surface area contributed by atoms with E-state index in [1.807, 2.05) is 30.3 Å². The first-order valence-corrected chi connectivity index (χ1v) is 11.0. The Hall–Kier alpha value is -2.48. The smallest absolute Gasteiger partial charge is 0.344 e. The van der Waals surface area contributed by atoms with Gasteiger partial charge in [-0.15, -0.1) is 0 Å². The van der Waals surface area contributed by atoms with Crippen molar-refractivity contribution < 1.29 is 23.9 Å². The van der Waals surface area contributed by atoms with Crippen LogP contribution in [0.25, 0.3) is 6.08 Å². The Kier molecular flexibility index (Phi) is 8.01. The molecule has 0 aromatic heterocycles. The summed E-state index contributed by atoms with van der Waals surface area (Å²) in [6, 6.07) is 12.7. The Balaban J connectivity index is 1.70. The lowest BCUT2D eigenvalue weighted by atomic mass is 10.1. The zero-order valence-electron chi connectivity index (χ0n) is 16.6. The molecule has 0 unspecified atom stereocenters. The molecule has 162 valence electrons. The van der Waals surface area contributed by atoms with Crippen LogP contribution in [0.3, 0.4) is 0 Å². The first kappa shape index (κ1) is 23.2. The molecule has 0 bridgehead atoms. The summed E-state index contributed by atoms with van der Waals surface area (Å²) < 4.78 is 10.1. The lowest BCUT2D eigenvalue weighted by molar-refractivity contribution is -0.145. The number of thioether (sulfide) groups is 1.